The summed E-state index contributed by atoms with van der Waals surface area (Å²) in [6.07, 6.45) is 2.24. The maximum atomic E-state index is 13.9. The van der Waals surface area contributed by atoms with Crippen LogP contribution in [0.1, 0.15) is 72.3 Å². The molecular formula is C30H29ClF2N2O5S. The molecule has 0 radical (unpaired) electrons. The number of aliphatic hydroxyl groups is 2. The number of hydrogen-bond acceptors (Lipinski definition) is 6. The van der Waals surface area contributed by atoms with Crippen molar-refractivity contribution in [2.75, 3.05) is 5.32 Å². The Labute approximate surface area is 241 Å². The molecule has 41 heavy (non-hydrogen) atoms. The predicted octanol–water partition coefficient (Wildman–Crippen LogP) is 5.57. The van der Waals surface area contributed by atoms with E-state index in [0.29, 0.717) is 24.5 Å². The minimum absolute atomic E-state index is 0.00659. The standard InChI is InChI=1S/C30H29ClF2N2O5S/c31-22-10-6-17(29(37)34-20-9-11-23(32)24(33)15-20)12-27(22)41(39,40)21-13-18-7-8-19(14-21)30(18,38)28(36)26-3-1-2-25(35-26)16-4-5-16/h1-3,6,9-12,15-16,18-19,21,28,36,38H,4-5,7-8,13-14H2,(H,34,37)/t18?,19?,21-,28?,30-. The number of amides is 1. The number of nitrogens with one attached hydrogen (secondary N) is 1. The molecule has 3 atom stereocenters. The first-order valence-electron chi connectivity index (χ1n) is 13.7. The lowest BCUT2D eigenvalue weighted by Gasteiger charge is -2.45. The van der Waals surface area contributed by atoms with Crippen molar-refractivity contribution in [2.24, 2.45) is 11.8 Å². The minimum atomic E-state index is -4.04. The number of carbonyl (C=O) groups is 1. The van der Waals surface area contributed by atoms with Crippen molar-refractivity contribution >= 4 is 33.0 Å². The van der Waals surface area contributed by atoms with Gasteiger partial charge in [0.05, 0.1) is 20.9 Å². The van der Waals surface area contributed by atoms with Gasteiger partial charge in [0.1, 0.15) is 11.7 Å². The fourth-order valence-electron chi connectivity index (χ4n) is 6.53. The molecule has 6 rings (SSSR count). The van der Waals surface area contributed by atoms with E-state index in [-0.39, 0.29) is 34.0 Å². The van der Waals surface area contributed by atoms with E-state index in [9.17, 15) is 32.2 Å². The van der Waals surface area contributed by atoms with Crippen molar-refractivity contribution in [3.05, 3.63) is 88.2 Å². The molecule has 11 heteroatoms. The van der Waals surface area contributed by atoms with Gasteiger partial charge in [-0.05, 0) is 92.8 Å². The fraction of sp³-hybridized carbons (Fsp3) is 0.400. The number of anilines is 1. The molecule has 0 spiro atoms. The number of pyridine rings is 1. The highest BCUT2D eigenvalue weighted by atomic mass is 35.5. The highest BCUT2D eigenvalue weighted by molar-refractivity contribution is 7.92. The van der Waals surface area contributed by atoms with Crippen LogP contribution in [0.15, 0.2) is 59.5 Å². The maximum absolute atomic E-state index is 13.9. The number of aliphatic hydroxyl groups excluding tert-OH is 1. The summed E-state index contributed by atoms with van der Waals surface area (Å²) < 4.78 is 54.5. The number of hydrogen-bond donors (Lipinski definition) is 3. The molecule has 7 nitrogen and oxygen atoms in total. The van der Waals surface area contributed by atoms with Gasteiger partial charge in [-0.2, -0.15) is 0 Å². The maximum Gasteiger partial charge on any atom is 0.255 e. The third-order valence-electron chi connectivity index (χ3n) is 8.89. The van der Waals surface area contributed by atoms with Crippen molar-refractivity contribution in [3.8, 4) is 0 Å². The number of rotatable bonds is 7. The number of halogens is 3. The Morgan fingerprint density at radius 3 is 2.37 bits per heavy atom. The Morgan fingerprint density at radius 2 is 1.71 bits per heavy atom. The number of nitrogens with zero attached hydrogens (tertiary/aromatic N) is 1. The molecular weight excluding hydrogens is 574 g/mol. The smallest absolute Gasteiger partial charge is 0.255 e. The van der Waals surface area contributed by atoms with Crippen LogP contribution >= 0.6 is 11.6 Å². The molecule has 2 aromatic carbocycles. The van der Waals surface area contributed by atoms with Crippen LogP contribution in [0.25, 0.3) is 0 Å². The van der Waals surface area contributed by atoms with E-state index in [1.165, 1.54) is 24.3 Å². The van der Waals surface area contributed by atoms with Crippen LogP contribution in [0.3, 0.4) is 0 Å². The molecule has 1 amide bonds. The second-order valence-corrected chi connectivity index (χ2v) is 14.0. The first-order chi connectivity index (χ1) is 19.5. The lowest BCUT2D eigenvalue weighted by molar-refractivity contribution is -0.145. The van der Waals surface area contributed by atoms with Crippen LogP contribution in [0.4, 0.5) is 14.5 Å². The molecule has 3 aromatic rings. The van der Waals surface area contributed by atoms with E-state index in [0.717, 1.165) is 30.7 Å². The summed E-state index contributed by atoms with van der Waals surface area (Å²) in [6.45, 7) is 0. The van der Waals surface area contributed by atoms with Crippen LogP contribution in [0.2, 0.25) is 5.02 Å². The molecule has 2 bridgehead atoms. The zero-order valence-electron chi connectivity index (χ0n) is 21.9. The van der Waals surface area contributed by atoms with Crippen LogP contribution < -0.4 is 5.32 Å². The molecule has 3 unspecified atom stereocenters. The Balaban J connectivity index is 1.23. The SMILES string of the molecule is O=C(Nc1ccc(F)c(F)c1)c1ccc(Cl)c(S(=O)(=O)[C@H]2CC3CCC(C2)[C@]3(O)C(O)c2cccc(C3CC3)n2)c1. The average Bonchev–Trinajstić information content (AvgIpc) is 3.78. The molecule has 3 aliphatic carbocycles. The predicted molar refractivity (Wildman–Crippen MR) is 148 cm³/mol. The fourth-order valence-corrected chi connectivity index (χ4v) is 8.93. The van der Waals surface area contributed by atoms with Crippen LogP contribution in [-0.4, -0.2) is 40.4 Å². The van der Waals surface area contributed by atoms with E-state index in [1.54, 1.807) is 6.07 Å². The molecule has 0 aliphatic heterocycles. The van der Waals surface area contributed by atoms with Crippen LogP contribution in [0, 0.1) is 23.5 Å². The topological polar surface area (TPSA) is 117 Å². The zero-order valence-corrected chi connectivity index (χ0v) is 23.5. The van der Waals surface area contributed by atoms with Crippen molar-refractivity contribution in [1.82, 2.24) is 4.98 Å². The van der Waals surface area contributed by atoms with E-state index in [1.807, 2.05) is 12.1 Å². The van der Waals surface area contributed by atoms with Gasteiger partial charge in [-0.25, -0.2) is 17.2 Å². The largest absolute Gasteiger partial charge is 0.386 e. The molecule has 1 heterocycles. The summed E-state index contributed by atoms with van der Waals surface area (Å²) in [5, 5.41) is 24.7. The van der Waals surface area contributed by atoms with E-state index in [4.69, 9.17) is 11.6 Å². The monoisotopic (exact) mass is 602 g/mol. The number of fused-ring (bicyclic) bond motifs is 2. The summed E-state index contributed by atoms with van der Waals surface area (Å²) >= 11 is 6.32. The quantitative estimate of drug-likeness (QED) is 0.326. The molecule has 3 fully saturated rings. The normalized spacial score (nSPS) is 26.5. The first kappa shape index (κ1) is 28.2. The lowest BCUT2D eigenvalue weighted by atomic mass is 9.70. The highest BCUT2D eigenvalue weighted by Gasteiger charge is 2.59. The van der Waals surface area contributed by atoms with Gasteiger partial charge in [-0.3, -0.25) is 9.78 Å². The van der Waals surface area contributed by atoms with Gasteiger partial charge in [0, 0.05) is 28.9 Å². The Hall–Kier alpha value is -2.92. The number of benzene rings is 2. The van der Waals surface area contributed by atoms with Crippen molar-refractivity contribution in [2.45, 2.75) is 66.3 Å². The van der Waals surface area contributed by atoms with E-state index in [2.05, 4.69) is 10.3 Å². The Kier molecular flexibility index (Phi) is 7.17. The third kappa shape index (κ3) is 5.05. The average molecular weight is 603 g/mol. The first-order valence-corrected chi connectivity index (χ1v) is 15.6. The van der Waals surface area contributed by atoms with Crippen molar-refractivity contribution in [1.29, 1.82) is 0 Å². The second kappa shape index (κ2) is 10.4. The van der Waals surface area contributed by atoms with Crippen molar-refractivity contribution < 1.29 is 32.2 Å². The van der Waals surface area contributed by atoms with Crippen LogP contribution in [-0.2, 0) is 9.84 Å². The molecule has 3 aliphatic rings. The highest BCUT2D eigenvalue weighted by Crippen LogP contribution is 2.56. The van der Waals surface area contributed by atoms with Crippen LogP contribution in [0.5, 0.6) is 0 Å². The van der Waals surface area contributed by atoms with Gasteiger partial charge in [0.25, 0.3) is 5.91 Å². The van der Waals surface area contributed by atoms with Gasteiger partial charge < -0.3 is 15.5 Å². The Morgan fingerprint density at radius 1 is 1.00 bits per heavy atom. The summed E-state index contributed by atoms with van der Waals surface area (Å²) in [7, 11) is -4.04. The minimum Gasteiger partial charge on any atom is -0.386 e. The Bertz CT molecular complexity index is 1620. The molecule has 216 valence electrons. The summed E-state index contributed by atoms with van der Waals surface area (Å²) in [4.78, 5) is 17.2. The van der Waals surface area contributed by atoms with Gasteiger partial charge in [0.15, 0.2) is 21.5 Å². The summed E-state index contributed by atoms with van der Waals surface area (Å²) in [6, 6.07) is 12.2. The molecule has 3 saturated carbocycles. The molecule has 3 N–H and O–H groups in total. The molecule has 1 aromatic heterocycles. The van der Waals surface area contributed by atoms with Gasteiger partial charge >= 0.3 is 0 Å². The third-order valence-corrected chi connectivity index (χ3v) is 11.5. The van der Waals surface area contributed by atoms with Gasteiger partial charge in [-0.15, -0.1) is 0 Å². The van der Waals surface area contributed by atoms with Crippen molar-refractivity contribution in [3.63, 3.8) is 0 Å². The van der Waals surface area contributed by atoms with Gasteiger partial charge in [-0.1, -0.05) is 17.7 Å². The number of sulfone groups is 1. The molecule has 0 saturated heterocycles. The summed E-state index contributed by atoms with van der Waals surface area (Å²) in [5.74, 6) is -3.47. The van der Waals surface area contributed by atoms with E-state index >= 15 is 0 Å². The second-order valence-electron chi connectivity index (χ2n) is 11.4. The zero-order chi connectivity index (χ0) is 29.1. The van der Waals surface area contributed by atoms with E-state index < -0.39 is 56.2 Å². The summed E-state index contributed by atoms with van der Waals surface area (Å²) in [5.41, 5.74) is -0.219. The number of aromatic nitrogens is 1. The lowest BCUT2D eigenvalue weighted by Crippen LogP contribution is -2.52. The number of carbonyl (C=O) groups excluding carboxylic acids is 1. The van der Waals surface area contributed by atoms with Gasteiger partial charge in [0.2, 0.25) is 0 Å².